The van der Waals surface area contributed by atoms with Crippen LogP contribution in [0, 0.1) is 11.6 Å². The Balaban J connectivity index is 1.67. The molecular weight excluding hydrogens is 398 g/mol. The fourth-order valence-electron chi connectivity index (χ4n) is 3.55. The summed E-state index contributed by atoms with van der Waals surface area (Å²) in [5.74, 6) is -2.41. The van der Waals surface area contributed by atoms with Crippen LogP contribution in [0.15, 0.2) is 79.0 Å². The number of aromatic hydroxyl groups is 1. The molecule has 6 heteroatoms. The molecule has 0 fully saturated rings. The van der Waals surface area contributed by atoms with Gasteiger partial charge in [0.25, 0.3) is 0 Å². The molecule has 0 aliphatic heterocycles. The maximum absolute atomic E-state index is 14.0. The summed E-state index contributed by atoms with van der Waals surface area (Å²) in [6, 6.07) is 19.1. The van der Waals surface area contributed by atoms with Crippen molar-refractivity contribution >= 4 is 16.8 Å². The van der Waals surface area contributed by atoms with E-state index in [0.29, 0.717) is 23.1 Å². The molecule has 0 saturated heterocycles. The van der Waals surface area contributed by atoms with Crippen LogP contribution in [0.1, 0.15) is 29.2 Å². The molecule has 1 heterocycles. The predicted octanol–water partition coefficient (Wildman–Crippen LogP) is 5.06. The zero-order chi connectivity index (χ0) is 21.8. The van der Waals surface area contributed by atoms with E-state index in [1.807, 2.05) is 30.3 Å². The van der Waals surface area contributed by atoms with Gasteiger partial charge in [0.1, 0.15) is 11.3 Å². The second kappa shape index (κ2) is 8.92. The van der Waals surface area contributed by atoms with Crippen LogP contribution in [0.3, 0.4) is 0 Å². The molecule has 31 heavy (non-hydrogen) atoms. The highest BCUT2D eigenvalue weighted by Gasteiger charge is 2.23. The number of hydrogen-bond acceptors (Lipinski definition) is 3. The van der Waals surface area contributed by atoms with E-state index >= 15 is 0 Å². The standard InChI is InChI=1S/C25H20F2N2O2/c26-20-12-10-18(15-21(20)27)23(29-22(30)13-8-16-5-2-1-3-6-16)19-11-9-17-7-4-14-28-24(17)25(19)31/h1-7,9-12,14-15,23,31H,8,13H2,(H,29,30). The van der Waals surface area contributed by atoms with Crippen molar-refractivity contribution in [2.45, 2.75) is 18.9 Å². The molecule has 3 aromatic carbocycles. The minimum absolute atomic E-state index is 0.115. The molecule has 1 unspecified atom stereocenters. The van der Waals surface area contributed by atoms with E-state index < -0.39 is 17.7 Å². The maximum Gasteiger partial charge on any atom is 0.221 e. The van der Waals surface area contributed by atoms with Crippen LogP contribution in [-0.2, 0) is 11.2 Å². The van der Waals surface area contributed by atoms with Crippen molar-refractivity contribution in [3.63, 3.8) is 0 Å². The van der Waals surface area contributed by atoms with Crippen LogP contribution in [-0.4, -0.2) is 16.0 Å². The Morgan fingerprint density at radius 1 is 0.968 bits per heavy atom. The van der Waals surface area contributed by atoms with Gasteiger partial charge in [-0.1, -0.05) is 54.6 Å². The Morgan fingerprint density at radius 2 is 1.77 bits per heavy atom. The van der Waals surface area contributed by atoms with Crippen LogP contribution in [0.2, 0.25) is 0 Å². The summed E-state index contributed by atoms with van der Waals surface area (Å²) in [5.41, 5.74) is 2.05. The minimum atomic E-state index is -1.03. The van der Waals surface area contributed by atoms with Gasteiger partial charge in [0.05, 0.1) is 6.04 Å². The molecule has 4 nitrogen and oxygen atoms in total. The Morgan fingerprint density at radius 3 is 2.55 bits per heavy atom. The van der Waals surface area contributed by atoms with E-state index in [1.165, 1.54) is 6.07 Å². The van der Waals surface area contributed by atoms with Gasteiger partial charge >= 0.3 is 0 Å². The van der Waals surface area contributed by atoms with Crippen molar-refractivity contribution in [2.75, 3.05) is 0 Å². The van der Waals surface area contributed by atoms with Crippen molar-refractivity contribution in [1.29, 1.82) is 0 Å². The Labute approximate surface area is 178 Å². The smallest absolute Gasteiger partial charge is 0.221 e. The number of nitrogens with zero attached hydrogens (tertiary/aromatic N) is 1. The molecule has 0 radical (unpaired) electrons. The number of phenols is 1. The number of hydrogen-bond donors (Lipinski definition) is 2. The van der Waals surface area contributed by atoms with Gasteiger partial charge in [-0.05, 0) is 35.7 Å². The molecule has 2 N–H and O–H groups in total. The van der Waals surface area contributed by atoms with E-state index in [2.05, 4.69) is 10.3 Å². The third kappa shape index (κ3) is 4.53. The number of phenolic OH excluding ortho intramolecular Hbond substituents is 1. The molecule has 0 saturated carbocycles. The van der Waals surface area contributed by atoms with Gasteiger partial charge in [-0.25, -0.2) is 8.78 Å². The van der Waals surface area contributed by atoms with Crippen molar-refractivity contribution < 1.29 is 18.7 Å². The molecule has 4 aromatic rings. The Bertz CT molecular complexity index is 1230. The number of halogens is 2. The van der Waals surface area contributed by atoms with Gasteiger partial charge in [0.15, 0.2) is 11.6 Å². The fourth-order valence-corrected chi connectivity index (χ4v) is 3.55. The summed E-state index contributed by atoms with van der Waals surface area (Å²) in [5, 5.41) is 14.4. The summed E-state index contributed by atoms with van der Waals surface area (Å²) in [4.78, 5) is 16.9. The maximum atomic E-state index is 14.0. The molecule has 1 atom stereocenters. The molecule has 0 spiro atoms. The van der Waals surface area contributed by atoms with E-state index in [4.69, 9.17) is 0 Å². The first-order chi connectivity index (χ1) is 15.0. The van der Waals surface area contributed by atoms with Crippen LogP contribution in [0.5, 0.6) is 5.75 Å². The molecule has 1 aromatic heterocycles. The van der Waals surface area contributed by atoms with E-state index in [9.17, 15) is 18.7 Å². The van der Waals surface area contributed by atoms with E-state index in [-0.39, 0.29) is 18.1 Å². The monoisotopic (exact) mass is 418 g/mol. The second-order valence-corrected chi connectivity index (χ2v) is 7.24. The van der Waals surface area contributed by atoms with Crippen LogP contribution >= 0.6 is 0 Å². The highest BCUT2D eigenvalue weighted by molar-refractivity contribution is 5.86. The number of aryl methyl sites for hydroxylation is 1. The summed E-state index contributed by atoms with van der Waals surface area (Å²) in [6.07, 6.45) is 2.29. The number of nitrogens with one attached hydrogen (secondary N) is 1. The zero-order valence-electron chi connectivity index (χ0n) is 16.6. The Kier molecular flexibility index (Phi) is 5.89. The molecular formula is C25H20F2N2O2. The van der Waals surface area contributed by atoms with Crippen molar-refractivity contribution in [2.24, 2.45) is 0 Å². The summed E-state index contributed by atoms with van der Waals surface area (Å²) in [6.45, 7) is 0. The van der Waals surface area contributed by atoms with E-state index in [0.717, 1.165) is 23.1 Å². The van der Waals surface area contributed by atoms with E-state index in [1.54, 1.807) is 30.5 Å². The number of amides is 1. The average molecular weight is 418 g/mol. The topological polar surface area (TPSA) is 62.2 Å². The van der Waals surface area contributed by atoms with Gasteiger partial charge in [-0.3, -0.25) is 9.78 Å². The lowest BCUT2D eigenvalue weighted by atomic mass is 9.95. The fraction of sp³-hybridized carbons (Fsp3) is 0.120. The van der Waals surface area contributed by atoms with Gasteiger partial charge in [-0.15, -0.1) is 0 Å². The number of carbonyl (C=O) groups excluding carboxylic acids is 1. The summed E-state index contributed by atoms with van der Waals surface area (Å²) in [7, 11) is 0. The summed E-state index contributed by atoms with van der Waals surface area (Å²) < 4.78 is 27.5. The largest absolute Gasteiger partial charge is 0.505 e. The van der Waals surface area contributed by atoms with Crippen LogP contribution < -0.4 is 5.32 Å². The predicted molar refractivity (Wildman–Crippen MR) is 115 cm³/mol. The second-order valence-electron chi connectivity index (χ2n) is 7.24. The normalized spacial score (nSPS) is 11.9. The quantitative estimate of drug-likeness (QED) is 0.460. The third-order valence-electron chi connectivity index (χ3n) is 5.16. The van der Waals surface area contributed by atoms with Crippen LogP contribution in [0.25, 0.3) is 10.9 Å². The first-order valence-electron chi connectivity index (χ1n) is 9.88. The molecule has 0 aliphatic rings. The van der Waals surface area contributed by atoms with Crippen molar-refractivity contribution in [3.05, 3.63) is 107 Å². The number of pyridine rings is 1. The SMILES string of the molecule is O=C(CCc1ccccc1)NC(c1ccc(F)c(F)c1)c1ccc2cccnc2c1O. The number of rotatable bonds is 6. The molecule has 156 valence electrons. The number of aromatic nitrogens is 1. The third-order valence-corrected chi connectivity index (χ3v) is 5.16. The molecule has 0 bridgehead atoms. The molecule has 4 rings (SSSR count). The Hall–Kier alpha value is -3.80. The van der Waals surface area contributed by atoms with Crippen molar-refractivity contribution in [3.8, 4) is 5.75 Å². The van der Waals surface area contributed by atoms with Gasteiger partial charge in [0.2, 0.25) is 5.91 Å². The first-order valence-corrected chi connectivity index (χ1v) is 9.88. The highest BCUT2D eigenvalue weighted by atomic mass is 19.2. The first kappa shape index (κ1) is 20.5. The molecule has 0 aliphatic carbocycles. The average Bonchev–Trinajstić information content (AvgIpc) is 2.79. The number of carbonyl (C=O) groups is 1. The minimum Gasteiger partial charge on any atom is -0.505 e. The highest BCUT2D eigenvalue weighted by Crippen LogP contribution is 2.35. The molecule has 1 amide bonds. The number of fused-ring (bicyclic) bond motifs is 1. The lowest BCUT2D eigenvalue weighted by molar-refractivity contribution is -0.121. The summed E-state index contributed by atoms with van der Waals surface area (Å²) >= 11 is 0. The van der Waals surface area contributed by atoms with Crippen LogP contribution in [0.4, 0.5) is 8.78 Å². The lowest BCUT2D eigenvalue weighted by Crippen LogP contribution is -2.29. The van der Waals surface area contributed by atoms with Gasteiger partial charge in [0, 0.05) is 23.6 Å². The van der Waals surface area contributed by atoms with Gasteiger partial charge < -0.3 is 10.4 Å². The van der Waals surface area contributed by atoms with Crippen molar-refractivity contribution in [1.82, 2.24) is 10.3 Å². The van der Waals surface area contributed by atoms with Gasteiger partial charge in [-0.2, -0.15) is 0 Å². The number of benzene rings is 3. The zero-order valence-corrected chi connectivity index (χ0v) is 16.6. The lowest BCUT2D eigenvalue weighted by Gasteiger charge is -2.22.